The van der Waals surface area contributed by atoms with Gasteiger partial charge in [0.15, 0.2) is 5.78 Å². The quantitative estimate of drug-likeness (QED) is 0.499. The summed E-state index contributed by atoms with van der Waals surface area (Å²) in [6, 6.07) is 9.83. The maximum Gasteiger partial charge on any atom is 0.323 e. The summed E-state index contributed by atoms with van der Waals surface area (Å²) < 4.78 is 0. The van der Waals surface area contributed by atoms with Gasteiger partial charge in [-0.05, 0) is 30.3 Å². The molecule has 0 aliphatic carbocycles. The third-order valence-corrected chi connectivity index (χ3v) is 3.47. The van der Waals surface area contributed by atoms with E-state index in [-0.39, 0.29) is 16.5 Å². The molecule has 0 atom stereocenters. The number of nitrogen functional groups attached to an aromatic ring is 1. The molecule has 0 spiro atoms. The van der Waals surface area contributed by atoms with Gasteiger partial charge in [0.25, 0.3) is 0 Å². The zero-order valence-corrected chi connectivity index (χ0v) is 11.0. The van der Waals surface area contributed by atoms with E-state index in [2.05, 4.69) is 9.97 Å². The van der Waals surface area contributed by atoms with Crippen molar-refractivity contribution >= 4 is 34.1 Å². The highest BCUT2D eigenvalue weighted by Crippen LogP contribution is 2.25. The third kappa shape index (κ3) is 1.98. The van der Waals surface area contributed by atoms with Gasteiger partial charge >= 0.3 is 5.69 Å². The SMILES string of the molecule is Nc1cccc(C(=O)c2ccc3[nH]c(=O)[nH]c3c2)c1Cl. The van der Waals surface area contributed by atoms with E-state index in [0.29, 0.717) is 27.8 Å². The van der Waals surface area contributed by atoms with E-state index in [0.717, 1.165) is 0 Å². The average molecular weight is 288 g/mol. The number of fused-ring (bicyclic) bond motifs is 1. The van der Waals surface area contributed by atoms with Crippen LogP contribution in [0, 0.1) is 0 Å². The fourth-order valence-corrected chi connectivity index (χ4v) is 2.27. The lowest BCUT2D eigenvalue weighted by Gasteiger charge is -2.05. The van der Waals surface area contributed by atoms with E-state index in [1.807, 2.05) is 0 Å². The lowest BCUT2D eigenvalue weighted by Crippen LogP contribution is -2.03. The summed E-state index contributed by atoms with van der Waals surface area (Å²) in [6.07, 6.45) is 0. The summed E-state index contributed by atoms with van der Waals surface area (Å²) in [5.41, 5.74) is 7.72. The van der Waals surface area contributed by atoms with Gasteiger partial charge in [0.05, 0.1) is 21.7 Å². The maximum atomic E-state index is 12.4. The van der Waals surface area contributed by atoms with E-state index < -0.39 is 0 Å². The average Bonchev–Trinajstić information content (AvgIpc) is 2.80. The molecule has 0 fully saturated rings. The van der Waals surface area contributed by atoms with Crippen molar-refractivity contribution in [3.8, 4) is 0 Å². The molecule has 0 bridgehead atoms. The van der Waals surface area contributed by atoms with Crippen LogP contribution in [0.3, 0.4) is 0 Å². The number of aromatic nitrogens is 2. The molecule has 0 radical (unpaired) electrons. The Morgan fingerprint density at radius 1 is 1.10 bits per heavy atom. The highest BCUT2D eigenvalue weighted by molar-refractivity contribution is 6.37. The Kier molecular flexibility index (Phi) is 2.84. The van der Waals surface area contributed by atoms with Gasteiger partial charge in [0, 0.05) is 11.1 Å². The minimum atomic E-state index is -0.313. The number of carbonyl (C=O) groups is 1. The van der Waals surface area contributed by atoms with Crippen molar-refractivity contribution in [3.05, 3.63) is 63.0 Å². The van der Waals surface area contributed by atoms with Crippen LogP contribution >= 0.6 is 11.6 Å². The van der Waals surface area contributed by atoms with Gasteiger partial charge < -0.3 is 15.7 Å². The van der Waals surface area contributed by atoms with Crippen LogP contribution in [0.2, 0.25) is 5.02 Å². The predicted molar refractivity (Wildman–Crippen MR) is 78.2 cm³/mol. The van der Waals surface area contributed by atoms with Crippen LogP contribution in [0.25, 0.3) is 11.0 Å². The van der Waals surface area contributed by atoms with Gasteiger partial charge in [-0.1, -0.05) is 17.7 Å². The Hall–Kier alpha value is -2.53. The second-order valence-electron chi connectivity index (χ2n) is 4.38. The summed E-state index contributed by atoms with van der Waals surface area (Å²) in [5, 5.41) is 0.236. The Morgan fingerprint density at radius 2 is 1.85 bits per heavy atom. The molecule has 0 saturated heterocycles. The number of ketones is 1. The van der Waals surface area contributed by atoms with Gasteiger partial charge in [-0.25, -0.2) is 4.79 Å². The number of anilines is 1. The number of hydrogen-bond acceptors (Lipinski definition) is 3. The molecule has 3 rings (SSSR count). The summed E-state index contributed by atoms with van der Waals surface area (Å²) in [4.78, 5) is 28.9. The molecule has 100 valence electrons. The van der Waals surface area contributed by atoms with Crippen LogP contribution in [-0.2, 0) is 0 Å². The molecule has 1 heterocycles. The summed E-state index contributed by atoms with van der Waals surface area (Å²) >= 11 is 6.05. The number of nitrogens with two attached hydrogens (primary N) is 1. The van der Waals surface area contributed by atoms with Crippen LogP contribution < -0.4 is 11.4 Å². The summed E-state index contributed by atoms with van der Waals surface area (Å²) in [6.45, 7) is 0. The number of hydrogen-bond donors (Lipinski definition) is 3. The molecule has 0 amide bonds. The fourth-order valence-electron chi connectivity index (χ4n) is 2.05. The third-order valence-electron chi connectivity index (χ3n) is 3.05. The zero-order valence-electron chi connectivity index (χ0n) is 10.2. The minimum absolute atomic E-state index is 0.236. The van der Waals surface area contributed by atoms with E-state index in [4.69, 9.17) is 17.3 Å². The van der Waals surface area contributed by atoms with Gasteiger partial charge in [-0.2, -0.15) is 0 Å². The van der Waals surface area contributed by atoms with Crippen LogP contribution in [0.15, 0.2) is 41.2 Å². The van der Waals surface area contributed by atoms with Crippen molar-refractivity contribution in [2.45, 2.75) is 0 Å². The molecule has 0 aliphatic rings. The molecule has 0 aliphatic heterocycles. The molecule has 20 heavy (non-hydrogen) atoms. The number of aromatic amines is 2. The normalized spacial score (nSPS) is 10.8. The van der Waals surface area contributed by atoms with E-state index >= 15 is 0 Å². The van der Waals surface area contributed by atoms with Crippen LogP contribution in [0.1, 0.15) is 15.9 Å². The fraction of sp³-hybridized carbons (Fsp3) is 0. The summed E-state index contributed by atoms with van der Waals surface area (Å²) in [5.74, 6) is -0.244. The largest absolute Gasteiger partial charge is 0.398 e. The first-order chi connectivity index (χ1) is 9.56. The van der Waals surface area contributed by atoms with Gasteiger partial charge in [-0.3, -0.25) is 4.79 Å². The Bertz CT molecular complexity index is 880. The first-order valence-corrected chi connectivity index (χ1v) is 6.25. The first-order valence-electron chi connectivity index (χ1n) is 5.87. The Morgan fingerprint density at radius 3 is 2.65 bits per heavy atom. The highest BCUT2D eigenvalue weighted by atomic mass is 35.5. The molecule has 6 heteroatoms. The number of imidazole rings is 1. The number of carbonyl (C=O) groups excluding carboxylic acids is 1. The number of nitrogens with one attached hydrogen (secondary N) is 2. The van der Waals surface area contributed by atoms with Crippen LogP contribution in [0.5, 0.6) is 0 Å². The van der Waals surface area contributed by atoms with E-state index in [1.165, 1.54) is 0 Å². The molecule has 4 N–H and O–H groups in total. The number of rotatable bonds is 2. The molecule has 2 aromatic carbocycles. The smallest absolute Gasteiger partial charge is 0.323 e. The first kappa shape index (κ1) is 12.5. The van der Waals surface area contributed by atoms with Crippen molar-refractivity contribution in [3.63, 3.8) is 0 Å². The lowest BCUT2D eigenvalue weighted by atomic mass is 10.0. The van der Waals surface area contributed by atoms with Crippen molar-refractivity contribution in [2.75, 3.05) is 5.73 Å². The van der Waals surface area contributed by atoms with Crippen molar-refractivity contribution in [1.82, 2.24) is 9.97 Å². The predicted octanol–water partition coefficient (Wildman–Crippen LogP) is 2.32. The molecule has 0 unspecified atom stereocenters. The van der Waals surface area contributed by atoms with Crippen LogP contribution in [-0.4, -0.2) is 15.8 Å². The van der Waals surface area contributed by atoms with Gasteiger partial charge in [-0.15, -0.1) is 0 Å². The Balaban J connectivity index is 2.12. The summed E-state index contributed by atoms with van der Waals surface area (Å²) in [7, 11) is 0. The number of H-pyrrole nitrogens is 2. The minimum Gasteiger partial charge on any atom is -0.398 e. The van der Waals surface area contributed by atoms with E-state index in [1.54, 1.807) is 36.4 Å². The van der Waals surface area contributed by atoms with E-state index in [9.17, 15) is 9.59 Å². The molecular formula is C14H10ClN3O2. The monoisotopic (exact) mass is 287 g/mol. The Labute approximate surface area is 118 Å². The van der Waals surface area contributed by atoms with Gasteiger partial charge in [0.1, 0.15) is 0 Å². The number of benzene rings is 2. The van der Waals surface area contributed by atoms with Crippen molar-refractivity contribution in [1.29, 1.82) is 0 Å². The zero-order chi connectivity index (χ0) is 14.3. The molecule has 0 saturated carbocycles. The van der Waals surface area contributed by atoms with Crippen molar-refractivity contribution in [2.24, 2.45) is 0 Å². The molecule has 5 nitrogen and oxygen atoms in total. The number of halogens is 1. The second-order valence-corrected chi connectivity index (χ2v) is 4.76. The highest BCUT2D eigenvalue weighted by Gasteiger charge is 2.15. The lowest BCUT2D eigenvalue weighted by molar-refractivity contribution is 0.103. The molecular weight excluding hydrogens is 278 g/mol. The standard InChI is InChI=1S/C14H10ClN3O2/c15-12-8(2-1-3-9(12)16)13(19)7-4-5-10-11(6-7)18-14(20)17-10/h1-6H,16H2,(H2,17,18,20). The topological polar surface area (TPSA) is 91.7 Å². The molecule has 3 aromatic rings. The van der Waals surface area contributed by atoms with Gasteiger partial charge in [0.2, 0.25) is 0 Å². The van der Waals surface area contributed by atoms with Crippen molar-refractivity contribution < 1.29 is 4.79 Å². The second kappa shape index (κ2) is 4.54. The van der Waals surface area contributed by atoms with Crippen LogP contribution in [0.4, 0.5) is 5.69 Å². The maximum absolute atomic E-state index is 12.4. The molecule has 1 aromatic heterocycles.